The van der Waals surface area contributed by atoms with E-state index < -0.39 is 10.8 Å². The van der Waals surface area contributed by atoms with Gasteiger partial charge in [0.15, 0.2) is 0 Å². The van der Waals surface area contributed by atoms with E-state index in [9.17, 15) is 19.7 Å². The Hall–Kier alpha value is -4.20. The van der Waals surface area contributed by atoms with E-state index in [-0.39, 0.29) is 17.3 Å². The molecule has 8 nitrogen and oxygen atoms in total. The Balaban J connectivity index is 1.65. The first-order chi connectivity index (χ1) is 16.0. The van der Waals surface area contributed by atoms with Crippen molar-refractivity contribution >= 4 is 23.6 Å². The molecule has 168 valence electrons. The van der Waals surface area contributed by atoms with Gasteiger partial charge in [0.1, 0.15) is 17.2 Å². The summed E-state index contributed by atoms with van der Waals surface area (Å²) in [6.07, 6.45) is 4.36. The summed E-state index contributed by atoms with van der Waals surface area (Å²) in [6, 6.07) is 18.1. The third-order valence-electron chi connectivity index (χ3n) is 5.44. The van der Waals surface area contributed by atoms with Gasteiger partial charge in [-0.25, -0.2) is 0 Å². The number of nitrogens with one attached hydrogen (secondary N) is 1. The van der Waals surface area contributed by atoms with Crippen molar-refractivity contribution < 1.29 is 18.9 Å². The molecule has 0 unspecified atom stereocenters. The number of nitro groups is 1. The van der Waals surface area contributed by atoms with E-state index in [1.165, 1.54) is 12.1 Å². The second kappa shape index (κ2) is 9.95. The van der Waals surface area contributed by atoms with Crippen LogP contribution in [0.5, 0.6) is 0 Å². The summed E-state index contributed by atoms with van der Waals surface area (Å²) in [5, 5.41) is 14.1. The molecule has 1 aromatic heterocycles. The van der Waals surface area contributed by atoms with Crippen molar-refractivity contribution in [2.24, 2.45) is 0 Å². The molecule has 33 heavy (non-hydrogen) atoms. The normalized spacial score (nSPS) is 14.1. The number of furan rings is 1. The van der Waals surface area contributed by atoms with Crippen molar-refractivity contribution in [3.05, 3.63) is 93.9 Å². The fourth-order valence-electron chi connectivity index (χ4n) is 3.76. The zero-order valence-corrected chi connectivity index (χ0v) is 17.9. The number of rotatable bonds is 6. The number of hydrogen-bond acceptors (Lipinski definition) is 5. The minimum Gasteiger partial charge on any atom is -0.456 e. The van der Waals surface area contributed by atoms with Gasteiger partial charge in [-0.2, -0.15) is 0 Å². The molecule has 0 saturated carbocycles. The molecule has 1 fully saturated rings. The number of amides is 2. The van der Waals surface area contributed by atoms with Crippen LogP contribution in [-0.2, 0) is 4.79 Å². The van der Waals surface area contributed by atoms with Crippen LogP contribution in [0.3, 0.4) is 0 Å². The molecular formula is C25H23N3O5. The molecule has 0 bridgehead atoms. The van der Waals surface area contributed by atoms with Gasteiger partial charge in [-0.15, -0.1) is 0 Å². The lowest BCUT2D eigenvalue weighted by atomic mass is 10.1. The van der Waals surface area contributed by atoms with E-state index in [0.29, 0.717) is 35.7 Å². The lowest BCUT2D eigenvalue weighted by Crippen LogP contribution is -2.41. The van der Waals surface area contributed by atoms with Crippen LogP contribution in [0.25, 0.3) is 17.4 Å². The zero-order chi connectivity index (χ0) is 23.2. The Morgan fingerprint density at radius 2 is 1.64 bits per heavy atom. The molecule has 1 N–H and O–H groups in total. The van der Waals surface area contributed by atoms with Crippen molar-refractivity contribution in [3.63, 3.8) is 0 Å². The number of benzene rings is 2. The first kappa shape index (κ1) is 22.0. The molecule has 4 rings (SSSR count). The first-order valence-electron chi connectivity index (χ1n) is 10.7. The van der Waals surface area contributed by atoms with Gasteiger partial charge in [-0.05, 0) is 49.6 Å². The van der Waals surface area contributed by atoms with Crippen LogP contribution < -0.4 is 5.32 Å². The van der Waals surface area contributed by atoms with E-state index in [1.54, 1.807) is 65.6 Å². The third kappa shape index (κ3) is 5.17. The molecule has 0 radical (unpaired) electrons. The van der Waals surface area contributed by atoms with Crippen LogP contribution in [0, 0.1) is 10.1 Å². The van der Waals surface area contributed by atoms with E-state index in [2.05, 4.69) is 5.32 Å². The molecule has 3 aromatic rings. The summed E-state index contributed by atoms with van der Waals surface area (Å²) in [7, 11) is 0. The van der Waals surface area contributed by atoms with Crippen LogP contribution in [0.15, 0.2) is 76.8 Å². The van der Waals surface area contributed by atoms with Gasteiger partial charge < -0.3 is 14.6 Å². The summed E-state index contributed by atoms with van der Waals surface area (Å²) in [5.74, 6) is -0.0927. The highest BCUT2D eigenvalue weighted by atomic mass is 16.6. The molecule has 0 aliphatic carbocycles. The molecule has 0 atom stereocenters. The molecule has 2 aromatic carbocycles. The van der Waals surface area contributed by atoms with Gasteiger partial charge in [0.05, 0.1) is 10.5 Å². The standard InChI is InChI=1S/C25H23N3O5/c29-24(18-9-3-1-4-10-18)26-21(25(30)27-15-7-2-8-16-27)17-19-13-14-23(33-19)20-11-5-6-12-22(20)28(31)32/h1,3-6,9-14,17H,2,7-8,15-16H2,(H,26,29)/b21-17+. The number of piperidine rings is 1. The fourth-order valence-corrected chi connectivity index (χ4v) is 3.76. The molecule has 1 aliphatic heterocycles. The predicted octanol–water partition coefficient (Wildman–Crippen LogP) is 4.64. The number of hydrogen-bond donors (Lipinski definition) is 1. The van der Waals surface area contributed by atoms with E-state index in [0.717, 1.165) is 19.3 Å². The highest BCUT2D eigenvalue weighted by Crippen LogP contribution is 2.31. The molecular weight excluding hydrogens is 422 g/mol. The quantitative estimate of drug-likeness (QED) is 0.338. The number of carbonyl (C=O) groups is 2. The second-order valence-electron chi connectivity index (χ2n) is 7.71. The van der Waals surface area contributed by atoms with Gasteiger partial charge in [-0.3, -0.25) is 19.7 Å². The second-order valence-corrected chi connectivity index (χ2v) is 7.71. The highest BCUT2D eigenvalue weighted by Gasteiger charge is 2.23. The van der Waals surface area contributed by atoms with Gasteiger partial charge in [0.25, 0.3) is 17.5 Å². The van der Waals surface area contributed by atoms with Gasteiger partial charge in [0.2, 0.25) is 0 Å². The summed E-state index contributed by atoms with van der Waals surface area (Å²) < 4.78 is 5.81. The van der Waals surface area contributed by atoms with Gasteiger partial charge in [0, 0.05) is 30.8 Å². The summed E-state index contributed by atoms with van der Waals surface area (Å²) in [5.41, 5.74) is 0.771. The van der Waals surface area contributed by atoms with Gasteiger partial charge >= 0.3 is 0 Å². The van der Waals surface area contributed by atoms with Crippen LogP contribution >= 0.6 is 0 Å². The summed E-state index contributed by atoms with van der Waals surface area (Å²) in [4.78, 5) is 38.5. The van der Waals surface area contributed by atoms with Crippen molar-refractivity contribution in [2.75, 3.05) is 13.1 Å². The lowest BCUT2D eigenvalue weighted by molar-refractivity contribution is -0.384. The molecule has 1 saturated heterocycles. The number of likely N-dealkylation sites (tertiary alicyclic amines) is 1. The van der Waals surface area contributed by atoms with Crippen LogP contribution in [-0.4, -0.2) is 34.7 Å². The number of carbonyl (C=O) groups excluding carboxylic acids is 2. The number of nitro benzene ring substituents is 1. The average molecular weight is 445 g/mol. The van der Waals surface area contributed by atoms with E-state index >= 15 is 0 Å². The highest BCUT2D eigenvalue weighted by molar-refractivity contribution is 6.05. The number of para-hydroxylation sites is 1. The Morgan fingerprint density at radius 1 is 0.939 bits per heavy atom. The predicted molar refractivity (Wildman–Crippen MR) is 123 cm³/mol. The van der Waals surface area contributed by atoms with Crippen LogP contribution in [0.4, 0.5) is 5.69 Å². The monoisotopic (exact) mass is 445 g/mol. The maximum Gasteiger partial charge on any atom is 0.280 e. The Labute approximate surface area is 190 Å². The largest absolute Gasteiger partial charge is 0.456 e. The maximum atomic E-state index is 13.2. The first-order valence-corrected chi connectivity index (χ1v) is 10.7. The summed E-state index contributed by atoms with van der Waals surface area (Å²) >= 11 is 0. The zero-order valence-electron chi connectivity index (χ0n) is 17.9. The molecule has 2 amide bonds. The van der Waals surface area contributed by atoms with E-state index in [4.69, 9.17) is 4.42 Å². The lowest BCUT2D eigenvalue weighted by Gasteiger charge is -2.27. The molecule has 0 spiro atoms. The van der Waals surface area contributed by atoms with Crippen molar-refractivity contribution in [2.45, 2.75) is 19.3 Å². The topological polar surface area (TPSA) is 106 Å². The SMILES string of the molecule is O=C(N/C(=C/c1ccc(-c2ccccc2[N+](=O)[O-])o1)C(=O)N1CCCCC1)c1ccccc1. The average Bonchev–Trinajstić information content (AvgIpc) is 3.32. The Bertz CT molecular complexity index is 1190. The van der Waals surface area contributed by atoms with Gasteiger partial charge in [-0.1, -0.05) is 30.3 Å². The number of nitrogens with zero attached hydrogens (tertiary/aromatic N) is 2. The summed E-state index contributed by atoms with van der Waals surface area (Å²) in [6.45, 7) is 1.24. The van der Waals surface area contributed by atoms with Crippen LogP contribution in [0.1, 0.15) is 35.4 Å². The molecule has 8 heteroatoms. The maximum absolute atomic E-state index is 13.2. The minimum absolute atomic E-state index is 0.0793. The molecule has 1 aliphatic rings. The Kier molecular flexibility index (Phi) is 6.64. The third-order valence-corrected chi connectivity index (χ3v) is 5.44. The van der Waals surface area contributed by atoms with Crippen molar-refractivity contribution in [3.8, 4) is 11.3 Å². The molecule has 2 heterocycles. The fraction of sp³-hybridized carbons (Fsp3) is 0.200. The van der Waals surface area contributed by atoms with Crippen molar-refractivity contribution in [1.82, 2.24) is 10.2 Å². The smallest absolute Gasteiger partial charge is 0.280 e. The minimum atomic E-state index is -0.473. The Morgan fingerprint density at radius 3 is 2.36 bits per heavy atom. The van der Waals surface area contributed by atoms with Crippen LogP contribution in [0.2, 0.25) is 0 Å². The van der Waals surface area contributed by atoms with E-state index in [1.807, 2.05) is 0 Å². The van der Waals surface area contributed by atoms with Crippen molar-refractivity contribution in [1.29, 1.82) is 0 Å².